The Kier molecular flexibility index (Phi) is 3.57. The highest BCUT2D eigenvalue weighted by molar-refractivity contribution is 5.89. The number of alkyl halides is 3. The molecule has 1 amide bonds. The van der Waals surface area contributed by atoms with Crippen LogP contribution < -0.4 is 0 Å². The van der Waals surface area contributed by atoms with Crippen LogP contribution in [0.25, 0.3) is 0 Å². The number of hydrogen-bond donors (Lipinski definition) is 0. The summed E-state index contributed by atoms with van der Waals surface area (Å²) in [4.78, 5) is 13.6. The van der Waals surface area contributed by atoms with E-state index in [4.69, 9.17) is 5.26 Å². The molecule has 2 atom stereocenters. The molecule has 6 heteroatoms. The molecule has 2 aliphatic rings. The van der Waals surface area contributed by atoms with Crippen molar-refractivity contribution in [2.24, 2.45) is 17.3 Å². The summed E-state index contributed by atoms with van der Waals surface area (Å²) in [7, 11) is 0. The molecule has 0 aromatic carbocycles. The van der Waals surface area contributed by atoms with E-state index in [2.05, 4.69) is 0 Å². The van der Waals surface area contributed by atoms with E-state index in [1.54, 1.807) is 6.07 Å². The van der Waals surface area contributed by atoms with Crippen LogP contribution in [0.2, 0.25) is 0 Å². The third-order valence-electron chi connectivity index (χ3n) is 4.21. The highest BCUT2D eigenvalue weighted by Gasteiger charge is 2.72. The monoisotopic (exact) mass is 286 g/mol. The zero-order valence-corrected chi connectivity index (χ0v) is 11.5. The maximum atomic E-state index is 12.7. The van der Waals surface area contributed by atoms with Crippen molar-refractivity contribution >= 4 is 5.91 Å². The molecule has 0 saturated heterocycles. The number of hydrogen-bond acceptors (Lipinski definition) is 2. The number of halogens is 3. The molecule has 1 fully saturated rings. The quantitative estimate of drug-likeness (QED) is 0.733. The van der Waals surface area contributed by atoms with Crippen molar-refractivity contribution in [3.63, 3.8) is 0 Å². The number of carbonyl (C=O) groups is 1. The Morgan fingerprint density at radius 3 is 2.55 bits per heavy atom. The SMILES string of the molecule is CC(C)C1=CCN(C(=O)C2(C#N)CC2C(F)(F)F)CC1. The summed E-state index contributed by atoms with van der Waals surface area (Å²) in [6.45, 7) is 4.79. The zero-order chi connectivity index (χ0) is 15.1. The Morgan fingerprint density at radius 2 is 2.20 bits per heavy atom. The molecule has 0 N–H and O–H groups in total. The van der Waals surface area contributed by atoms with Crippen LogP contribution in [0.1, 0.15) is 26.7 Å². The van der Waals surface area contributed by atoms with E-state index in [0.717, 1.165) is 0 Å². The predicted octanol–water partition coefficient (Wildman–Crippen LogP) is 2.89. The molecule has 0 aromatic rings. The number of amides is 1. The van der Waals surface area contributed by atoms with Crippen LogP contribution in [0, 0.1) is 28.6 Å². The van der Waals surface area contributed by atoms with Gasteiger partial charge in [-0.1, -0.05) is 25.5 Å². The first-order valence-electron chi connectivity index (χ1n) is 6.68. The third-order valence-corrected chi connectivity index (χ3v) is 4.21. The van der Waals surface area contributed by atoms with Gasteiger partial charge in [-0.2, -0.15) is 18.4 Å². The summed E-state index contributed by atoms with van der Waals surface area (Å²) in [6.07, 6.45) is -2.31. The highest BCUT2D eigenvalue weighted by atomic mass is 19.4. The summed E-state index contributed by atoms with van der Waals surface area (Å²) in [5.41, 5.74) is -0.662. The van der Waals surface area contributed by atoms with E-state index >= 15 is 0 Å². The van der Waals surface area contributed by atoms with Crippen LogP contribution in [-0.2, 0) is 4.79 Å². The lowest BCUT2D eigenvalue weighted by atomic mass is 9.95. The van der Waals surface area contributed by atoms with Crippen molar-refractivity contribution in [2.75, 3.05) is 13.1 Å². The van der Waals surface area contributed by atoms with Crippen molar-refractivity contribution in [3.8, 4) is 6.07 Å². The Bertz CT molecular complexity index is 490. The summed E-state index contributed by atoms with van der Waals surface area (Å²) < 4.78 is 38.1. The van der Waals surface area contributed by atoms with Gasteiger partial charge in [0, 0.05) is 13.1 Å². The smallest absolute Gasteiger partial charge is 0.337 e. The highest BCUT2D eigenvalue weighted by Crippen LogP contribution is 2.60. The Balaban J connectivity index is 2.09. The fourth-order valence-electron chi connectivity index (χ4n) is 2.74. The van der Waals surface area contributed by atoms with Crippen molar-refractivity contribution in [3.05, 3.63) is 11.6 Å². The maximum absolute atomic E-state index is 12.7. The van der Waals surface area contributed by atoms with Gasteiger partial charge in [0.2, 0.25) is 5.91 Å². The minimum absolute atomic E-state index is 0.306. The second-order valence-electron chi connectivity index (χ2n) is 5.82. The third kappa shape index (κ3) is 2.41. The largest absolute Gasteiger partial charge is 0.393 e. The zero-order valence-electron chi connectivity index (χ0n) is 11.5. The second-order valence-corrected chi connectivity index (χ2v) is 5.82. The van der Waals surface area contributed by atoms with Gasteiger partial charge < -0.3 is 4.90 Å². The van der Waals surface area contributed by atoms with Crippen LogP contribution in [-0.4, -0.2) is 30.1 Å². The van der Waals surface area contributed by atoms with E-state index < -0.39 is 29.8 Å². The summed E-state index contributed by atoms with van der Waals surface area (Å²) in [6, 6.07) is 1.61. The Labute approximate surface area is 116 Å². The lowest BCUT2D eigenvalue weighted by molar-refractivity contribution is -0.161. The fourth-order valence-corrected chi connectivity index (χ4v) is 2.74. The van der Waals surface area contributed by atoms with Crippen LogP contribution >= 0.6 is 0 Å². The molecule has 1 heterocycles. The maximum Gasteiger partial charge on any atom is 0.393 e. The summed E-state index contributed by atoms with van der Waals surface area (Å²) >= 11 is 0. The minimum Gasteiger partial charge on any atom is -0.337 e. The molecule has 2 rings (SSSR count). The van der Waals surface area contributed by atoms with Crippen LogP contribution in [0.3, 0.4) is 0 Å². The van der Waals surface area contributed by atoms with Crippen molar-refractivity contribution < 1.29 is 18.0 Å². The van der Waals surface area contributed by atoms with Crippen LogP contribution in [0.15, 0.2) is 11.6 Å². The van der Waals surface area contributed by atoms with Gasteiger partial charge in [0.15, 0.2) is 0 Å². The first-order valence-corrected chi connectivity index (χ1v) is 6.68. The topological polar surface area (TPSA) is 44.1 Å². The second kappa shape index (κ2) is 4.80. The molecule has 0 radical (unpaired) electrons. The number of rotatable bonds is 2. The van der Waals surface area contributed by atoms with Crippen LogP contribution in [0.5, 0.6) is 0 Å². The minimum atomic E-state index is -4.47. The first-order chi connectivity index (χ1) is 9.22. The van der Waals surface area contributed by atoms with E-state index in [9.17, 15) is 18.0 Å². The average molecular weight is 286 g/mol. The molecule has 0 aromatic heterocycles. The van der Waals surface area contributed by atoms with Crippen LogP contribution in [0.4, 0.5) is 13.2 Å². The van der Waals surface area contributed by atoms with Gasteiger partial charge >= 0.3 is 6.18 Å². The predicted molar refractivity (Wildman–Crippen MR) is 66.3 cm³/mol. The molecular weight excluding hydrogens is 269 g/mol. The fraction of sp³-hybridized carbons (Fsp3) is 0.714. The van der Waals surface area contributed by atoms with Gasteiger partial charge in [0.25, 0.3) is 0 Å². The van der Waals surface area contributed by atoms with Gasteiger partial charge in [-0.15, -0.1) is 0 Å². The van der Waals surface area contributed by atoms with Gasteiger partial charge in [0.1, 0.15) is 5.41 Å². The number of nitriles is 1. The molecule has 0 bridgehead atoms. The molecule has 0 spiro atoms. The standard InChI is InChI=1S/C14H17F3N2O/c1-9(2)10-3-5-19(6-4-10)12(20)13(8-18)7-11(13)14(15,16)17/h3,9,11H,4-7H2,1-2H3. The summed E-state index contributed by atoms with van der Waals surface area (Å²) in [5, 5.41) is 9.02. The van der Waals surface area contributed by atoms with Gasteiger partial charge in [0.05, 0.1) is 12.0 Å². The van der Waals surface area contributed by atoms with Crippen molar-refractivity contribution in [2.45, 2.75) is 32.9 Å². The molecule has 3 nitrogen and oxygen atoms in total. The van der Waals surface area contributed by atoms with Crippen molar-refractivity contribution in [1.29, 1.82) is 5.26 Å². The van der Waals surface area contributed by atoms with Crippen molar-refractivity contribution in [1.82, 2.24) is 4.90 Å². The lowest BCUT2D eigenvalue weighted by Crippen LogP contribution is -2.41. The molecule has 20 heavy (non-hydrogen) atoms. The van der Waals surface area contributed by atoms with E-state index in [0.29, 0.717) is 25.4 Å². The normalized spacial score (nSPS) is 29.9. The van der Waals surface area contributed by atoms with Gasteiger partial charge in [-0.3, -0.25) is 4.79 Å². The molecule has 1 aliphatic carbocycles. The number of nitrogens with zero attached hydrogens (tertiary/aromatic N) is 2. The Hall–Kier alpha value is -1.51. The van der Waals surface area contributed by atoms with E-state index in [1.165, 1.54) is 10.5 Å². The van der Waals surface area contributed by atoms with E-state index in [1.807, 2.05) is 19.9 Å². The molecule has 2 unspecified atom stereocenters. The lowest BCUT2D eigenvalue weighted by Gasteiger charge is -2.29. The molecule has 110 valence electrons. The average Bonchev–Trinajstić information content (AvgIpc) is 3.14. The summed E-state index contributed by atoms with van der Waals surface area (Å²) in [5.74, 6) is -2.09. The molecule has 1 aliphatic heterocycles. The first kappa shape index (κ1) is 14.9. The molecular formula is C14H17F3N2O. The van der Waals surface area contributed by atoms with E-state index in [-0.39, 0.29) is 0 Å². The Morgan fingerprint density at radius 1 is 1.55 bits per heavy atom. The van der Waals surface area contributed by atoms with Gasteiger partial charge in [-0.05, 0) is 18.8 Å². The number of carbonyl (C=O) groups excluding carboxylic acids is 1. The molecule has 1 saturated carbocycles. The van der Waals surface area contributed by atoms with Gasteiger partial charge in [-0.25, -0.2) is 0 Å².